The van der Waals surface area contributed by atoms with Crippen molar-refractivity contribution in [3.8, 4) is 0 Å². The van der Waals surface area contributed by atoms with Crippen molar-refractivity contribution in [3.05, 3.63) is 17.5 Å². The Hall–Kier alpha value is -0.870. The molecule has 3 aliphatic rings. The first-order chi connectivity index (χ1) is 10.7. The van der Waals surface area contributed by atoms with Crippen molar-refractivity contribution in [1.82, 2.24) is 14.7 Å². The molecule has 1 aromatic heterocycles. The summed E-state index contributed by atoms with van der Waals surface area (Å²) in [5.74, 6) is 2.49. The van der Waals surface area contributed by atoms with Crippen LogP contribution in [0.15, 0.2) is 6.07 Å². The monoisotopic (exact) mass is 303 g/mol. The van der Waals surface area contributed by atoms with Crippen LogP contribution >= 0.6 is 0 Å². The van der Waals surface area contributed by atoms with Crippen LogP contribution in [0, 0.1) is 11.8 Å². The number of aromatic nitrogens is 2. The molecule has 0 radical (unpaired) electrons. The summed E-state index contributed by atoms with van der Waals surface area (Å²) in [6.45, 7) is 11.2. The number of fused-ring (bicyclic) bond motifs is 1. The first-order valence-corrected chi connectivity index (χ1v) is 9.09. The molecule has 22 heavy (non-hydrogen) atoms. The Morgan fingerprint density at radius 2 is 2.14 bits per heavy atom. The van der Waals surface area contributed by atoms with E-state index in [1.165, 1.54) is 37.3 Å². The van der Waals surface area contributed by atoms with Crippen molar-refractivity contribution in [1.29, 1.82) is 0 Å². The second-order valence-corrected chi connectivity index (χ2v) is 7.63. The van der Waals surface area contributed by atoms with Crippen molar-refractivity contribution in [2.24, 2.45) is 11.8 Å². The van der Waals surface area contributed by atoms with Gasteiger partial charge in [0.1, 0.15) is 0 Å². The third-order valence-electron chi connectivity index (χ3n) is 5.90. The minimum absolute atomic E-state index is 0.469. The molecular weight excluding hydrogens is 274 g/mol. The summed E-state index contributed by atoms with van der Waals surface area (Å²) in [4.78, 5) is 2.70. The molecule has 4 heteroatoms. The molecule has 3 atom stereocenters. The van der Waals surface area contributed by atoms with Crippen LogP contribution in [0.3, 0.4) is 0 Å². The summed E-state index contributed by atoms with van der Waals surface area (Å²) in [7, 11) is 0. The molecule has 2 saturated heterocycles. The lowest BCUT2D eigenvalue weighted by Crippen LogP contribution is -2.49. The molecule has 4 rings (SSSR count). The predicted octanol–water partition coefficient (Wildman–Crippen LogP) is 2.85. The van der Waals surface area contributed by atoms with Crippen molar-refractivity contribution in [3.63, 3.8) is 0 Å². The summed E-state index contributed by atoms with van der Waals surface area (Å²) in [5.41, 5.74) is 2.77. The molecule has 1 aromatic rings. The summed E-state index contributed by atoms with van der Waals surface area (Å²) in [5, 5.41) is 4.84. The first-order valence-electron chi connectivity index (χ1n) is 9.09. The lowest BCUT2D eigenvalue weighted by atomic mass is 10.1. The van der Waals surface area contributed by atoms with E-state index in [4.69, 9.17) is 9.84 Å². The Kier molecular flexibility index (Phi) is 3.77. The number of nitrogens with zero attached hydrogens (tertiary/aromatic N) is 3. The lowest BCUT2D eigenvalue weighted by Gasteiger charge is -2.37. The number of aryl methyl sites for hydroxylation is 1. The van der Waals surface area contributed by atoms with Crippen molar-refractivity contribution in [2.45, 2.75) is 58.0 Å². The van der Waals surface area contributed by atoms with E-state index in [2.05, 4.69) is 36.4 Å². The van der Waals surface area contributed by atoms with Crippen LogP contribution in [0.2, 0.25) is 0 Å². The van der Waals surface area contributed by atoms with Gasteiger partial charge in [0.05, 0.1) is 24.9 Å². The van der Waals surface area contributed by atoms with E-state index >= 15 is 0 Å². The molecule has 4 nitrogen and oxygen atoms in total. The fraction of sp³-hybridized carbons (Fsp3) is 0.833. The fourth-order valence-electron chi connectivity index (χ4n) is 4.48. The van der Waals surface area contributed by atoms with Crippen LogP contribution in [-0.4, -0.2) is 47.0 Å². The van der Waals surface area contributed by atoms with Gasteiger partial charge >= 0.3 is 0 Å². The van der Waals surface area contributed by atoms with E-state index in [0.717, 1.165) is 37.4 Å². The maximum Gasteiger partial charge on any atom is 0.0645 e. The molecule has 1 saturated carbocycles. The van der Waals surface area contributed by atoms with Crippen molar-refractivity contribution in [2.75, 3.05) is 26.3 Å². The molecule has 122 valence electrons. The molecule has 3 heterocycles. The zero-order valence-electron chi connectivity index (χ0n) is 14.2. The number of hydrogen-bond acceptors (Lipinski definition) is 3. The average molecular weight is 303 g/mol. The van der Waals surface area contributed by atoms with Crippen molar-refractivity contribution < 1.29 is 4.74 Å². The molecule has 0 amide bonds. The van der Waals surface area contributed by atoms with E-state index < -0.39 is 0 Å². The van der Waals surface area contributed by atoms with Crippen LogP contribution in [0.5, 0.6) is 0 Å². The van der Waals surface area contributed by atoms with Gasteiger partial charge < -0.3 is 4.74 Å². The van der Waals surface area contributed by atoms with Gasteiger partial charge in [0.15, 0.2) is 0 Å². The van der Waals surface area contributed by atoms with Gasteiger partial charge in [0.2, 0.25) is 0 Å². The first kappa shape index (κ1) is 14.7. The standard InChI is InChI=1S/C18H29N3O/c1-4-13-8-17(21(19-13)12(2)3)18-15-6-5-7-20(9-16(15)18)14-10-22-11-14/h8,12,14-16,18H,4-7,9-11H2,1-3H3. The van der Waals surface area contributed by atoms with Gasteiger partial charge in [-0.05, 0) is 57.6 Å². The Morgan fingerprint density at radius 3 is 2.77 bits per heavy atom. The highest BCUT2D eigenvalue weighted by Gasteiger charge is 2.54. The smallest absolute Gasteiger partial charge is 0.0645 e. The molecule has 0 spiro atoms. The lowest BCUT2D eigenvalue weighted by molar-refractivity contribution is -0.0654. The Bertz CT molecular complexity index is 534. The molecular formula is C18H29N3O. The highest BCUT2D eigenvalue weighted by Crippen LogP contribution is 2.58. The molecule has 3 unspecified atom stereocenters. The Morgan fingerprint density at radius 1 is 1.32 bits per heavy atom. The number of likely N-dealkylation sites (tertiary alicyclic amines) is 1. The van der Waals surface area contributed by atoms with Crippen LogP contribution in [0.25, 0.3) is 0 Å². The number of rotatable bonds is 4. The molecule has 0 bridgehead atoms. The quantitative estimate of drug-likeness (QED) is 0.857. The molecule has 0 N–H and O–H groups in total. The maximum atomic E-state index is 5.40. The predicted molar refractivity (Wildman–Crippen MR) is 87.1 cm³/mol. The maximum absolute atomic E-state index is 5.40. The Labute approximate surface area is 133 Å². The Balaban J connectivity index is 1.53. The van der Waals surface area contributed by atoms with E-state index in [0.29, 0.717) is 12.1 Å². The van der Waals surface area contributed by atoms with Gasteiger partial charge in [-0.25, -0.2) is 0 Å². The fourth-order valence-corrected chi connectivity index (χ4v) is 4.48. The van der Waals surface area contributed by atoms with Gasteiger partial charge in [0.25, 0.3) is 0 Å². The van der Waals surface area contributed by atoms with E-state index in [1.807, 2.05) is 0 Å². The molecule has 2 aliphatic heterocycles. The molecule has 1 aliphatic carbocycles. The van der Waals surface area contributed by atoms with Crippen LogP contribution in [-0.2, 0) is 11.2 Å². The van der Waals surface area contributed by atoms with Gasteiger partial charge in [-0.15, -0.1) is 0 Å². The average Bonchev–Trinajstić information content (AvgIpc) is 2.98. The van der Waals surface area contributed by atoms with Crippen LogP contribution < -0.4 is 0 Å². The second kappa shape index (κ2) is 5.64. The van der Waals surface area contributed by atoms with E-state index in [9.17, 15) is 0 Å². The second-order valence-electron chi connectivity index (χ2n) is 7.63. The molecule has 0 aromatic carbocycles. The zero-order chi connectivity index (χ0) is 15.3. The third-order valence-corrected chi connectivity index (χ3v) is 5.90. The number of ether oxygens (including phenoxy) is 1. The van der Waals surface area contributed by atoms with Crippen LogP contribution in [0.4, 0.5) is 0 Å². The van der Waals surface area contributed by atoms with E-state index in [-0.39, 0.29) is 0 Å². The van der Waals surface area contributed by atoms with Gasteiger partial charge in [-0.1, -0.05) is 6.92 Å². The SMILES string of the molecule is CCc1cc(C2C3CCCN(C4COC4)CC32)n(C(C)C)n1. The third kappa shape index (κ3) is 2.41. The van der Waals surface area contributed by atoms with Gasteiger partial charge in [0, 0.05) is 24.2 Å². The largest absolute Gasteiger partial charge is 0.378 e. The van der Waals surface area contributed by atoms with Crippen molar-refractivity contribution >= 4 is 0 Å². The van der Waals surface area contributed by atoms with Gasteiger partial charge in [-0.2, -0.15) is 5.10 Å². The molecule has 3 fully saturated rings. The highest BCUT2D eigenvalue weighted by atomic mass is 16.5. The van der Waals surface area contributed by atoms with Gasteiger partial charge in [-0.3, -0.25) is 9.58 Å². The summed E-state index contributed by atoms with van der Waals surface area (Å²) in [6.07, 6.45) is 3.79. The minimum Gasteiger partial charge on any atom is -0.378 e. The normalized spacial score (nSPS) is 32.6. The summed E-state index contributed by atoms with van der Waals surface area (Å²) >= 11 is 0. The summed E-state index contributed by atoms with van der Waals surface area (Å²) < 4.78 is 7.70. The van der Waals surface area contributed by atoms with E-state index in [1.54, 1.807) is 0 Å². The topological polar surface area (TPSA) is 30.3 Å². The minimum atomic E-state index is 0.469. The summed E-state index contributed by atoms with van der Waals surface area (Å²) in [6, 6.07) is 3.55. The number of hydrogen-bond donors (Lipinski definition) is 0. The highest BCUT2D eigenvalue weighted by molar-refractivity contribution is 5.26. The van der Waals surface area contributed by atoms with Crippen LogP contribution in [0.1, 0.15) is 57.0 Å². The zero-order valence-corrected chi connectivity index (χ0v) is 14.2.